The Morgan fingerprint density at radius 2 is 2.14 bits per heavy atom. The van der Waals surface area contributed by atoms with Crippen molar-refractivity contribution in [2.24, 2.45) is 5.92 Å². The molecule has 0 spiro atoms. The topological polar surface area (TPSA) is 51.7 Å². The van der Waals surface area contributed by atoms with E-state index in [4.69, 9.17) is 9.47 Å². The van der Waals surface area contributed by atoms with Crippen LogP contribution in [0.3, 0.4) is 0 Å². The first-order chi connectivity index (χ1) is 10.4. The number of rotatable bonds is 7. The summed E-state index contributed by atoms with van der Waals surface area (Å²) in [5.41, 5.74) is 2.83. The van der Waals surface area contributed by atoms with Gasteiger partial charge in [-0.2, -0.15) is 0 Å². The number of hydrogen-bond donors (Lipinski definition) is 0. The Balaban J connectivity index is 1.98. The van der Waals surface area contributed by atoms with Crippen molar-refractivity contribution < 1.29 is 14.3 Å². The van der Waals surface area contributed by atoms with Crippen molar-refractivity contribution in [3.05, 3.63) is 23.0 Å². The van der Waals surface area contributed by atoms with Gasteiger partial charge >= 0.3 is 0 Å². The molecule has 1 aromatic heterocycles. The van der Waals surface area contributed by atoms with Gasteiger partial charge in [-0.25, -0.2) is 0 Å². The molecule has 0 N–H and O–H groups in total. The molecule has 0 saturated heterocycles. The van der Waals surface area contributed by atoms with Gasteiger partial charge in [0.15, 0.2) is 0 Å². The number of aromatic nitrogens is 1. The molecule has 0 radical (unpaired) electrons. The highest BCUT2D eigenvalue weighted by Crippen LogP contribution is 2.29. The fraction of sp³-hybridized carbons (Fsp3) is 0.647. The predicted molar refractivity (Wildman–Crippen MR) is 84.9 cm³/mol. The third kappa shape index (κ3) is 3.97. The zero-order valence-corrected chi connectivity index (χ0v) is 14.2. The molecular formula is C17H26N2O3. The number of carbonyl (C=O) groups is 1. The van der Waals surface area contributed by atoms with E-state index in [9.17, 15) is 4.79 Å². The number of pyridine rings is 1. The monoisotopic (exact) mass is 306 g/mol. The van der Waals surface area contributed by atoms with Crippen LogP contribution in [0.15, 0.2) is 6.20 Å². The number of nitrogens with zero attached hydrogens (tertiary/aromatic N) is 2. The van der Waals surface area contributed by atoms with Gasteiger partial charge in [-0.3, -0.25) is 9.78 Å². The van der Waals surface area contributed by atoms with Gasteiger partial charge in [-0.05, 0) is 39.5 Å². The van der Waals surface area contributed by atoms with Gasteiger partial charge in [-0.1, -0.05) is 0 Å². The first-order valence-electron chi connectivity index (χ1n) is 7.79. The zero-order valence-electron chi connectivity index (χ0n) is 14.2. The van der Waals surface area contributed by atoms with E-state index in [0.29, 0.717) is 19.1 Å². The fourth-order valence-electron chi connectivity index (χ4n) is 2.48. The lowest BCUT2D eigenvalue weighted by Crippen LogP contribution is -2.36. The molecule has 5 heteroatoms. The van der Waals surface area contributed by atoms with Crippen molar-refractivity contribution in [1.82, 2.24) is 9.88 Å². The number of methoxy groups -OCH3 is 1. The Kier molecular flexibility index (Phi) is 5.40. The molecule has 1 amide bonds. The molecule has 1 aliphatic carbocycles. The smallest absolute Gasteiger partial charge is 0.251 e. The van der Waals surface area contributed by atoms with Crippen LogP contribution in [0.25, 0.3) is 0 Å². The number of likely N-dealkylation sites (N-methyl/N-ethyl adjacent to an activating group) is 1. The van der Waals surface area contributed by atoms with Crippen LogP contribution < -0.4 is 4.74 Å². The second kappa shape index (κ2) is 7.09. The summed E-state index contributed by atoms with van der Waals surface area (Å²) in [5, 5.41) is 0. The normalized spacial score (nSPS) is 15.5. The molecule has 1 aromatic rings. The van der Waals surface area contributed by atoms with Gasteiger partial charge < -0.3 is 14.4 Å². The van der Waals surface area contributed by atoms with Crippen LogP contribution in [0, 0.1) is 19.8 Å². The third-order valence-electron chi connectivity index (χ3n) is 4.14. The number of ether oxygens (including phenoxy) is 2. The number of carbonyl (C=O) groups excluding carboxylic acids is 1. The summed E-state index contributed by atoms with van der Waals surface area (Å²) in [5.74, 6) is 1.48. The Bertz CT molecular complexity index is 541. The summed E-state index contributed by atoms with van der Waals surface area (Å²) < 4.78 is 11.1. The SMILES string of the molecule is COc1c(C)cnc(CN(C)C(=O)C(C)OCC2CC2)c1C. The van der Waals surface area contributed by atoms with Gasteiger partial charge in [0.2, 0.25) is 0 Å². The van der Waals surface area contributed by atoms with E-state index in [1.165, 1.54) is 12.8 Å². The molecule has 0 bridgehead atoms. The highest BCUT2D eigenvalue weighted by Gasteiger charge is 2.25. The minimum absolute atomic E-state index is 0.0126. The fourth-order valence-corrected chi connectivity index (χ4v) is 2.48. The van der Waals surface area contributed by atoms with Crippen molar-refractivity contribution >= 4 is 5.91 Å². The van der Waals surface area contributed by atoms with Gasteiger partial charge in [0.25, 0.3) is 5.91 Å². The predicted octanol–water partition coefficient (Wildman–Crippen LogP) is 2.48. The number of aryl methyl sites for hydroxylation is 1. The Hall–Kier alpha value is -1.62. The summed E-state index contributed by atoms with van der Waals surface area (Å²) in [6.45, 7) is 6.90. The summed E-state index contributed by atoms with van der Waals surface area (Å²) >= 11 is 0. The van der Waals surface area contributed by atoms with Crippen LogP contribution in [-0.4, -0.2) is 42.7 Å². The van der Waals surface area contributed by atoms with Gasteiger partial charge in [-0.15, -0.1) is 0 Å². The van der Waals surface area contributed by atoms with Crippen molar-refractivity contribution in [2.45, 2.75) is 46.3 Å². The molecule has 0 aromatic carbocycles. The molecule has 1 saturated carbocycles. The lowest BCUT2D eigenvalue weighted by molar-refractivity contribution is -0.142. The maximum absolute atomic E-state index is 12.4. The number of amides is 1. The first-order valence-corrected chi connectivity index (χ1v) is 7.79. The van der Waals surface area contributed by atoms with Gasteiger partial charge in [0.1, 0.15) is 11.9 Å². The van der Waals surface area contributed by atoms with E-state index < -0.39 is 6.10 Å². The summed E-state index contributed by atoms with van der Waals surface area (Å²) in [6.07, 6.45) is 3.83. The largest absolute Gasteiger partial charge is 0.496 e. The van der Waals surface area contributed by atoms with Crippen molar-refractivity contribution in [3.8, 4) is 5.75 Å². The standard InChI is InChI=1S/C17H26N2O3/c1-11-8-18-15(12(2)16(11)21-5)9-19(4)17(20)13(3)22-10-14-6-7-14/h8,13-14H,6-7,9-10H2,1-5H3. The highest BCUT2D eigenvalue weighted by atomic mass is 16.5. The molecule has 22 heavy (non-hydrogen) atoms. The maximum Gasteiger partial charge on any atom is 0.251 e. The van der Waals surface area contributed by atoms with E-state index in [-0.39, 0.29) is 5.91 Å². The van der Waals surface area contributed by atoms with Crippen LogP contribution in [-0.2, 0) is 16.1 Å². The minimum atomic E-state index is -0.404. The van der Waals surface area contributed by atoms with E-state index in [2.05, 4.69) is 4.98 Å². The lowest BCUT2D eigenvalue weighted by atomic mass is 10.1. The molecule has 1 fully saturated rings. The Labute approximate surface area is 132 Å². The molecule has 1 atom stereocenters. The average Bonchev–Trinajstić information content (AvgIpc) is 3.31. The lowest BCUT2D eigenvalue weighted by Gasteiger charge is -2.22. The first kappa shape index (κ1) is 16.7. The van der Waals surface area contributed by atoms with Crippen LogP contribution in [0.4, 0.5) is 0 Å². The second-order valence-corrected chi connectivity index (χ2v) is 6.16. The Morgan fingerprint density at radius 3 is 2.73 bits per heavy atom. The zero-order chi connectivity index (χ0) is 16.3. The van der Waals surface area contributed by atoms with Crippen LogP contribution >= 0.6 is 0 Å². The molecule has 0 aliphatic heterocycles. The van der Waals surface area contributed by atoms with Gasteiger partial charge in [0.05, 0.1) is 26.0 Å². The summed E-state index contributed by atoms with van der Waals surface area (Å²) in [7, 11) is 3.44. The molecular weight excluding hydrogens is 280 g/mol. The maximum atomic E-state index is 12.4. The average molecular weight is 306 g/mol. The number of hydrogen-bond acceptors (Lipinski definition) is 4. The molecule has 1 unspecified atom stereocenters. The van der Waals surface area contributed by atoms with E-state index in [1.807, 2.05) is 20.8 Å². The second-order valence-electron chi connectivity index (χ2n) is 6.16. The van der Waals surface area contributed by atoms with Crippen molar-refractivity contribution in [2.75, 3.05) is 20.8 Å². The van der Waals surface area contributed by atoms with Crippen LogP contribution in [0.1, 0.15) is 36.6 Å². The summed E-state index contributed by atoms with van der Waals surface area (Å²) in [6, 6.07) is 0. The van der Waals surface area contributed by atoms with Crippen molar-refractivity contribution in [1.29, 1.82) is 0 Å². The molecule has 1 heterocycles. The minimum Gasteiger partial charge on any atom is -0.496 e. The van der Waals surface area contributed by atoms with Crippen LogP contribution in [0.5, 0.6) is 5.75 Å². The molecule has 5 nitrogen and oxygen atoms in total. The van der Waals surface area contributed by atoms with Crippen LogP contribution in [0.2, 0.25) is 0 Å². The van der Waals surface area contributed by atoms with E-state index in [0.717, 1.165) is 22.6 Å². The van der Waals surface area contributed by atoms with E-state index >= 15 is 0 Å². The molecule has 2 rings (SSSR count). The van der Waals surface area contributed by atoms with Crippen molar-refractivity contribution in [3.63, 3.8) is 0 Å². The highest BCUT2D eigenvalue weighted by molar-refractivity contribution is 5.80. The third-order valence-corrected chi connectivity index (χ3v) is 4.14. The Morgan fingerprint density at radius 1 is 1.45 bits per heavy atom. The molecule has 122 valence electrons. The van der Waals surface area contributed by atoms with E-state index in [1.54, 1.807) is 25.3 Å². The molecule has 1 aliphatic rings. The quantitative estimate of drug-likeness (QED) is 0.776. The van der Waals surface area contributed by atoms with Gasteiger partial charge in [0, 0.05) is 24.4 Å². The summed E-state index contributed by atoms with van der Waals surface area (Å²) in [4.78, 5) is 18.5.